The fourth-order valence-corrected chi connectivity index (χ4v) is 9.07. The Morgan fingerprint density at radius 2 is 0.657 bits per heavy atom. The molecule has 3 aromatic carbocycles. The molecule has 3 aromatic rings. The molecule has 3 N–H and O–H groups in total. The van der Waals surface area contributed by atoms with Gasteiger partial charge in [-0.1, -0.05) is 155 Å². The zero-order valence-electron chi connectivity index (χ0n) is 44.1. The average Bonchev–Trinajstić information content (AvgIpc) is 3.37. The lowest BCUT2D eigenvalue weighted by Gasteiger charge is -2.32. The predicted molar refractivity (Wildman–Crippen MR) is 285 cm³/mol. The summed E-state index contributed by atoms with van der Waals surface area (Å²) >= 11 is 5.75. The molecule has 0 saturated heterocycles. The molecule has 390 valence electrons. The highest BCUT2D eigenvalue weighted by atomic mass is 32.1. The number of unbranched alkanes of at least 4 members (excludes halogenated alkanes) is 11. The number of aryl methyl sites for hydroxylation is 9. The minimum Gasteiger partial charge on any atom is -0.507 e. The van der Waals surface area contributed by atoms with E-state index in [0.29, 0.717) is 86.5 Å². The third-order valence-corrected chi connectivity index (χ3v) is 13.8. The molecule has 0 aliphatic heterocycles. The number of carbonyl (C=O) groups excluding carboxylic acids is 3. The van der Waals surface area contributed by atoms with E-state index in [1.54, 1.807) is 0 Å². The number of hydrogen-bond donors (Lipinski definition) is 3. The van der Waals surface area contributed by atoms with Gasteiger partial charge in [0.25, 0.3) is 0 Å². The third-order valence-electron chi connectivity index (χ3n) is 13.5. The molecule has 10 nitrogen and oxygen atoms in total. The summed E-state index contributed by atoms with van der Waals surface area (Å²) in [5.74, 6) is -0.576. The largest absolute Gasteiger partial charge is 0.507 e. The minimum absolute atomic E-state index is 0.0587. The summed E-state index contributed by atoms with van der Waals surface area (Å²) < 4.78 is 24.2. The standard InChI is InChI=1S/C59H88O10S/c1-8-15-16-17-18-19-20-21-22-23-24-25-26-55(70)69-42-59(39-66-52(60)30-27-43-33-46(9-2)56(63)47(10-3)34-43,40-67-53(61)31-28-44-35-48(11-4)57(64)49(12-5)36-44)41-68-54(62)32-29-45-37-50(13-6)58(65)51(14-7)38-45/h33-38,63-65H,8-32,39-42H2,1-7H3. The SMILES string of the molecule is CCCCCCCCCCCCCCC(=S)OCC(COC(=O)CCc1cc(CC)c(O)c(CC)c1)(COC(=O)CCc1cc(CC)c(O)c(CC)c1)COC(=O)CCc1cc(CC)c(O)c(CC)c1. The lowest BCUT2D eigenvalue weighted by atomic mass is 9.92. The number of phenolic OH excluding ortho intramolecular Hbond substituents is 3. The summed E-state index contributed by atoms with van der Waals surface area (Å²) in [5.41, 5.74) is 6.41. The summed E-state index contributed by atoms with van der Waals surface area (Å²) in [6.45, 7) is 13.2. The van der Waals surface area contributed by atoms with E-state index in [9.17, 15) is 29.7 Å². The summed E-state index contributed by atoms with van der Waals surface area (Å²) in [7, 11) is 0. The Balaban J connectivity index is 1.80. The van der Waals surface area contributed by atoms with Gasteiger partial charge >= 0.3 is 17.9 Å². The maximum Gasteiger partial charge on any atom is 0.306 e. The fourth-order valence-electron chi connectivity index (χ4n) is 8.87. The summed E-state index contributed by atoms with van der Waals surface area (Å²) in [6, 6.07) is 11.5. The molecule has 0 atom stereocenters. The molecule has 0 spiro atoms. The van der Waals surface area contributed by atoms with Crippen molar-refractivity contribution in [2.45, 2.75) is 209 Å². The van der Waals surface area contributed by atoms with E-state index in [-0.39, 0.29) is 45.7 Å². The summed E-state index contributed by atoms with van der Waals surface area (Å²) in [6.07, 6.45) is 20.5. The first kappa shape index (κ1) is 59.7. The second-order valence-corrected chi connectivity index (χ2v) is 19.6. The molecule has 0 aliphatic carbocycles. The maximum atomic E-state index is 13.6. The monoisotopic (exact) mass is 989 g/mol. The molecule has 0 aliphatic rings. The van der Waals surface area contributed by atoms with E-state index in [2.05, 4.69) is 6.92 Å². The molecule has 0 amide bonds. The number of aromatic hydroxyl groups is 3. The lowest BCUT2D eigenvalue weighted by molar-refractivity contribution is -0.164. The van der Waals surface area contributed by atoms with Gasteiger partial charge in [0.2, 0.25) is 0 Å². The van der Waals surface area contributed by atoms with Gasteiger partial charge in [-0.05, 0) is 126 Å². The number of rotatable bonds is 36. The van der Waals surface area contributed by atoms with Crippen LogP contribution in [-0.2, 0) is 91.1 Å². The molecular formula is C59H88O10S. The molecule has 0 radical (unpaired) electrons. The number of phenols is 3. The molecule has 70 heavy (non-hydrogen) atoms. The first-order valence-corrected chi connectivity index (χ1v) is 27.3. The maximum absolute atomic E-state index is 13.6. The van der Waals surface area contributed by atoms with Crippen molar-refractivity contribution in [2.24, 2.45) is 5.41 Å². The first-order chi connectivity index (χ1) is 33.7. The van der Waals surface area contributed by atoms with Gasteiger partial charge in [0.05, 0.1) is 0 Å². The predicted octanol–water partition coefficient (Wildman–Crippen LogP) is 13.4. The van der Waals surface area contributed by atoms with E-state index in [1.165, 1.54) is 57.8 Å². The molecule has 0 unspecified atom stereocenters. The van der Waals surface area contributed by atoms with Gasteiger partial charge in [0.1, 0.15) is 49.1 Å². The van der Waals surface area contributed by atoms with E-state index in [0.717, 1.165) is 69.3 Å². The second-order valence-electron chi connectivity index (χ2n) is 19.2. The Morgan fingerprint density at radius 3 is 0.929 bits per heavy atom. The number of thiocarbonyl (C=S) groups is 1. The second kappa shape index (κ2) is 33.1. The third kappa shape index (κ3) is 21.0. The molecule has 0 aromatic heterocycles. The van der Waals surface area contributed by atoms with Crippen molar-refractivity contribution in [3.63, 3.8) is 0 Å². The molecule has 0 saturated carbocycles. The van der Waals surface area contributed by atoms with Crippen molar-refractivity contribution in [3.05, 3.63) is 86.5 Å². The number of hydrogen-bond acceptors (Lipinski definition) is 11. The van der Waals surface area contributed by atoms with Crippen molar-refractivity contribution in [2.75, 3.05) is 26.4 Å². The molecule has 0 bridgehead atoms. The van der Waals surface area contributed by atoms with E-state index in [1.807, 2.05) is 77.9 Å². The van der Waals surface area contributed by atoms with Crippen LogP contribution < -0.4 is 0 Å². The Morgan fingerprint density at radius 1 is 0.400 bits per heavy atom. The van der Waals surface area contributed by atoms with Crippen LogP contribution in [0.1, 0.15) is 201 Å². The van der Waals surface area contributed by atoms with Crippen LogP contribution in [0, 0.1) is 5.41 Å². The Bertz CT molecular complexity index is 1800. The van der Waals surface area contributed by atoms with Crippen molar-refractivity contribution in [3.8, 4) is 17.2 Å². The molecule has 0 heterocycles. The van der Waals surface area contributed by atoms with Crippen LogP contribution in [-0.4, -0.2) is 64.7 Å². The van der Waals surface area contributed by atoms with E-state index >= 15 is 0 Å². The van der Waals surface area contributed by atoms with Crippen LogP contribution in [0.25, 0.3) is 0 Å². The minimum atomic E-state index is -1.29. The Hall–Kier alpha value is -4.64. The van der Waals surface area contributed by atoms with Gasteiger partial charge in [-0.3, -0.25) is 14.4 Å². The highest BCUT2D eigenvalue weighted by Gasteiger charge is 2.38. The summed E-state index contributed by atoms with van der Waals surface area (Å²) in [4.78, 5) is 40.7. The van der Waals surface area contributed by atoms with Gasteiger partial charge in [-0.15, -0.1) is 0 Å². The average molecular weight is 989 g/mol. The lowest BCUT2D eigenvalue weighted by Crippen LogP contribution is -2.44. The molecule has 11 heteroatoms. The van der Waals surface area contributed by atoms with Crippen molar-refractivity contribution in [1.82, 2.24) is 0 Å². The number of carbonyl (C=O) groups is 3. The number of benzene rings is 3. The van der Waals surface area contributed by atoms with Gasteiger partial charge < -0.3 is 34.3 Å². The first-order valence-electron chi connectivity index (χ1n) is 26.9. The number of ether oxygens (including phenoxy) is 4. The van der Waals surface area contributed by atoms with Gasteiger partial charge in [0, 0.05) is 25.7 Å². The van der Waals surface area contributed by atoms with Crippen LogP contribution in [0.15, 0.2) is 36.4 Å². The zero-order chi connectivity index (χ0) is 51.3. The number of esters is 3. The highest BCUT2D eigenvalue weighted by molar-refractivity contribution is 7.80. The Labute approximate surface area is 426 Å². The topological polar surface area (TPSA) is 149 Å². The van der Waals surface area contributed by atoms with Crippen LogP contribution in [0.4, 0.5) is 0 Å². The van der Waals surface area contributed by atoms with Gasteiger partial charge in [-0.2, -0.15) is 0 Å². The van der Waals surface area contributed by atoms with Crippen LogP contribution in [0.3, 0.4) is 0 Å². The summed E-state index contributed by atoms with van der Waals surface area (Å²) in [5, 5.41) is 32.3. The molecule has 0 fully saturated rings. The van der Waals surface area contributed by atoms with Crippen molar-refractivity contribution in [1.29, 1.82) is 0 Å². The van der Waals surface area contributed by atoms with Gasteiger partial charge in [0.15, 0.2) is 5.05 Å². The zero-order valence-corrected chi connectivity index (χ0v) is 44.9. The van der Waals surface area contributed by atoms with E-state index < -0.39 is 23.3 Å². The van der Waals surface area contributed by atoms with Crippen molar-refractivity contribution >= 4 is 35.2 Å². The quantitative estimate of drug-likeness (QED) is 0.0221. The normalized spacial score (nSPS) is 11.4. The van der Waals surface area contributed by atoms with E-state index in [4.69, 9.17) is 31.2 Å². The highest BCUT2D eigenvalue weighted by Crippen LogP contribution is 2.30. The Kier molecular flexibility index (Phi) is 28.2. The van der Waals surface area contributed by atoms with Gasteiger partial charge in [-0.25, -0.2) is 0 Å². The van der Waals surface area contributed by atoms with Crippen LogP contribution in [0.5, 0.6) is 17.2 Å². The molecular weight excluding hydrogens is 901 g/mol. The smallest absolute Gasteiger partial charge is 0.306 e. The van der Waals surface area contributed by atoms with Crippen LogP contribution >= 0.6 is 12.2 Å². The van der Waals surface area contributed by atoms with Crippen molar-refractivity contribution < 1.29 is 48.7 Å². The fraction of sp³-hybridized carbons (Fsp3) is 0.627. The van der Waals surface area contributed by atoms with Crippen LogP contribution in [0.2, 0.25) is 0 Å². The molecule has 3 rings (SSSR count).